The summed E-state index contributed by atoms with van der Waals surface area (Å²) in [6, 6.07) is 5.46. The van der Waals surface area contributed by atoms with Crippen LogP contribution in [0.4, 0.5) is 0 Å². The Bertz CT molecular complexity index is 348. The van der Waals surface area contributed by atoms with E-state index in [2.05, 4.69) is 0 Å². The number of benzene rings is 1. The van der Waals surface area contributed by atoms with E-state index in [1.165, 1.54) is 5.57 Å². The highest BCUT2D eigenvalue weighted by Crippen LogP contribution is 2.25. The zero-order valence-corrected chi connectivity index (χ0v) is 10.4. The SMILES string of the molecule is CC(C)=CC(N)Cc1c(Cl)cccc1Cl. The van der Waals surface area contributed by atoms with Crippen LogP contribution in [0.1, 0.15) is 19.4 Å². The molecule has 1 aromatic rings. The zero-order chi connectivity index (χ0) is 11.4. The Morgan fingerprint density at radius 1 is 1.33 bits per heavy atom. The van der Waals surface area contributed by atoms with Crippen LogP contribution in [0.15, 0.2) is 29.8 Å². The molecule has 0 aliphatic rings. The summed E-state index contributed by atoms with van der Waals surface area (Å²) in [4.78, 5) is 0. The Morgan fingerprint density at radius 2 is 1.87 bits per heavy atom. The first-order valence-electron chi connectivity index (χ1n) is 4.84. The van der Waals surface area contributed by atoms with Crippen molar-refractivity contribution in [2.75, 3.05) is 0 Å². The van der Waals surface area contributed by atoms with Crippen molar-refractivity contribution in [3.63, 3.8) is 0 Å². The smallest absolute Gasteiger partial charge is 0.0453 e. The molecule has 0 aromatic heterocycles. The zero-order valence-electron chi connectivity index (χ0n) is 8.93. The van der Waals surface area contributed by atoms with Crippen molar-refractivity contribution in [2.24, 2.45) is 5.73 Å². The number of halogens is 2. The summed E-state index contributed by atoms with van der Waals surface area (Å²) < 4.78 is 0. The average Bonchev–Trinajstić information content (AvgIpc) is 2.10. The lowest BCUT2D eigenvalue weighted by atomic mass is 10.0. The monoisotopic (exact) mass is 243 g/mol. The van der Waals surface area contributed by atoms with Gasteiger partial charge in [-0.2, -0.15) is 0 Å². The third-order valence-electron chi connectivity index (χ3n) is 2.05. The van der Waals surface area contributed by atoms with Crippen LogP contribution in [-0.2, 0) is 6.42 Å². The van der Waals surface area contributed by atoms with E-state index < -0.39 is 0 Å². The van der Waals surface area contributed by atoms with Crippen LogP contribution in [0.5, 0.6) is 0 Å². The van der Waals surface area contributed by atoms with Gasteiger partial charge in [0.25, 0.3) is 0 Å². The minimum Gasteiger partial charge on any atom is -0.324 e. The van der Waals surface area contributed by atoms with E-state index in [4.69, 9.17) is 28.9 Å². The largest absolute Gasteiger partial charge is 0.324 e. The van der Waals surface area contributed by atoms with Gasteiger partial charge in [-0.15, -0.1) is 0 Å². The summed E-state index contributed by atoms with van der Waals surface area (Å²) in [7, 11) is 0. The fourth-order valence-electron chi connectivity index (χ4n) is 1.45. The standard InChI is InChI=1S/C12H15Cl2N/c1-8(2)6-9(15)7-10-11(13)4-3-5-12(10)14/h3-6,9H,7,15H2,1-2H3. The lowest BCUT2D eigenvalue weighted by Crippen LogP contribution is -2.20. The van der Waals surface area contributed by atoms with E-state index in [0.29, 0.717) is 16.5 Å². The van der Waals surface area contributed by atoms with Crippen LogP contribution in [0.25, 0.3) is 0 Å². The highest BCUT2D eigenvalue weighted by molar-refractivity contribution is 6.36. The molecule has 0 saturated heterocycles. The van der Waals surface area contributed by atoms with Gasteiger partial charge in [-0.1, -0.05) is 40.9 Å². The summed E-state index contributed by atoms with van der Waals surface area (Å²) >= 11 is 12.1. The lowest BCUT2D eigenvalue weighted by Gasteiger charge is -2.11. The maximum absolute atomic E-state index is 6.05. The van der Waals surface area contributed by atoms with Crippen LogP contribution in [-0.4, -0.2) is 6.04 Å². The molecule has 0 spiro atoms. The molecule has 0 aliphatic heterocycles. The second-order valence-corrected chi connectivity index (χ2v) is 4.63. The number of hydrogen-bond donors (Lipinski definition) is 1. The fourth-order valence-corrected chi connectivity index (χ4v) is 2.00. The molecule has 0 bridgehead atoms. The van der Waals surface area contributed by atoms with Crippen LogP contribution in [0.3, 0.4) is 0 Å². The third-order valence-corrected chi connectivity index (χ3v) is 2.76. The first-order chi connectivity index (χ1) is 7.00. The Labute approximate surface area is 101 Å². The molecular formula is C12H15Cl2N. The molecule has 15 heavy (non-hydrogen) atoms. The third kappa shape index (κ3) is 3.86. The second-order valence-electron chi connectivity index (χ2n) is 3.81. The van der Waals surface area contributed by atoms with Gasteiger partial charge in [-0.25, -0.2) is 0 Å². The van der Waals surface area contributed by atoms with E-state index in [0.717, 1.165) is 5.56 Å². The van der Waals surface area contributed by atoms with E-state index in [-0.39, 0.29) is 6.04 Å². The van der Waals surface area contributed by atoms with Crippen LogP contribution >= 0.6 is 23.2 Å². The molecule has 0 aliphatic carbocycles. The Hall–Kier alpha value is -0.500. The van der Waals surface area contributed by atoms with Gasteiger partial charge in [-0.3, -0.25) is 0 Å². The van der Waals surface area contributed by atoms with Crippen LogP contribution in [0, 0.1) is 0 Å². The van der Waals surface area contributed by atoms with Crippen LogP contribution in [0.2, 0.25) is 10.0 Å². The summed E-state index contributed by atoms with van der Waals surface area (Å²) in [6.07, 6.45) is 2.68. The molecule has 1 aromatic carbocycles. The molecule has 1 atom stereocenters. The van der Waals surface area contributed by atoms with E-state index in [1.54, 1.807) is 0 Å². The first kappa shape index (κ1) is 12.6. The van der Waals surface area contributed by atoms with Crippen molar-refractivity contribution in [2.45, 2.75) is 26.3 Å². The number of hydrogen-bond acceptors (Lipinski definition) is 1. The number of rotatable bonds is 3. The van der Waals surface area contributed by atoms with Crippen molar-refractivity contribution in [3.05, 3.63) is 45.5 Å². The molecule has 0 fully saturated rings. The molecule has 82 valence electrons. The summed E-state index contributed by atoms with van der Waals surface area (Å²) in [5, 5.41) is 1.36. The molecule has 0 heterocycles. The Kier molecular flexibility index (Phi) is 4.65. The highest BCUT2D eigenvalue weighted by atomic mass is 35.5. The topological polar surface area (TPSA) is 26.0 Å². The summed E-state index contributed by atoms with van der Waals surface area (Å²) in [6.45, 7) is 4.04. The van der Waals surface area contributed by atoms with Crippen molar-refractivity contribution < 1.29 is 0 Å². The molecular weight excluding hydrogens is 229 g/mol. The summed E-state index contributed by atoms with van der Waals surface area (Å²) in [5.74, 6) is 0. The lowest BCUT2D eigenvalue weighted by molar-refractivity contribution is 0.803. The van der Waals surface area contributed by atoms with E-state index in [9.17, 15) is 0 Å². The molecule has 1 rings (SSSR count). The van der Waals surface area contributed by atoms with Gasteiger partial charge in [0.15, 0.2) is 0 Å². The molecule has 0 saturated carbocycles. The fraction of sp³-hybridized carbons (Fsp3) is 0.333. The molecule has 1 nitrogen and oxygen atoms in total. The van der Waals surface area contributed by atoms with E-state index in [1.807, 2.05) is 38.1 Å². The van der Waals surface area contributed by atoms with Gasteiger partial charge in [-0.05, 0) is 38.0 Å². The van der Waals surface area contributed by atoms with Gasteiger partial charge in [0, 0.05) is 16.1 Å². The average molecular weight is 244 g/mol. The van der Waals surface area contributed by atoms with Crippen molar-refractivity contribution >= 4 is 23.2 Å². The molecule has 0 amide bonds. The van der Waals surface area contributed by atoms with Crippen LogP contribution < -0.4 is 5.73 Å². The minimum atomic E-state index is -0.0348. The predicted molar refractivity (Wildman–Crippen MR) is 67.6 cm³/mol. The quantitative estimate of drug-likeness (QED) is 0.803. The minimum absolute atomic E-state index is 0.0348. The van der Waals surface area contributed by atoms with Gasteiger partial charge < -0.3 is 5.73 Å². The molecule has 2 N–H and O–H groups in total. The number of nitrogens with two attached hydrogens (primary N) is 1. The van der Waals surface area contributed by atoms with Gasteiger partial charge >= 0.3 is 0 Å². The Morgan fingerprint density at radius 3 is 2.33 bits per heavy atom. The maximum Gasteiger partial charge on any atom is 0.0453 e. The predicted octanol–water partition coefficient (Wildman–Crippen LogP) is 3.83. The van der Waals surface area contributed by atoms with Crippen molar-refractivity contribution in [1.29, 1.82) is 0 Å². The highest BCUT2D eigenvalue weighted by Gasteiger charge is 2.08. The molecule has 3 heteroatoms. The van der Waals surface area contributed by atoms with Crippen molar-refractivity contribution in [3.8, 4) is 0 Å². The first-order valence-corrected chi connectivity index (χ1v) is 5.60. The summed E-state index contributed by atoms with van der Waals surface area (Å²) in [5.41, 5.74) is 8.07. The second kappa shape index (κ2) is 5.55. The normalized spacial score (nSPS) is 12.3. The van der Waals surface area contributed by atoms with E-state index >= 15 is 0 Å². The Balaban J connectivity index is 2.85. The molecule has 0 radical (unpaired) electrons. The number of allylic oxidation sites excluding steroid dienone is 1. The van der Waals surface area contributed by atoms with Gasteiger partial charge in [0.1, 0.15) is 0 Å². The molecule has 1 unspecified atom stereocenters. The van der Waals surface area contributed by atoms with Crippen molar-refractivity contribution in [1.82, 2.24) is 0 Å². The maximum atomic E-state index is 6.05. The van der Waals surface area contributed by atoms with Gasteiger partial charge in [0.2, 0.25) is 0 Å². The van der Waals surface area contributed by atoms with Gasteiger partial charge in [0.05, 0.1) is 0 Å².